The van der Waals surface area contributed by atoms with E-state index in [0.717, 1.165) is 0 Å². The first-order chi connectivity index (χ1) is 8.21. The van der Waals surface area contributed by atoms with E-state index in [1.165, 1.54) is 63.5 Å². The van der Waals surface area contributed by atoms with Crippen LogP contribution in [0.15, 0.2) is 0 Å². The van der Waals surface area contributed by atoms with Gasteiger partial charge in [0.25, 0.3) is 0 Å². The van der Waals surface area contributed by atoms with Crippen molar-refractivity contribution in [2.75, 3.05) is 0 Å². The second kappa shape index (κ2) is 9.85. The van der Waals surface area contributed by atoms with Crippen LogP contribution in [0.2, 0.25) is 38.3 Å². The smallest absolute Gasteiger partial charge is 0.150 e. The molecule has 0 aliphatic carbocycles. The second-order valence-corrected chi connectivity index (χ2v) is 20.8. The van der Waals surface area contributed by atoms with Crippen LogP contribution in [0.3, 0.4) is 0 Å². The summed E-state index contributed by atoms with van der Waals surface area (Å²) >= 11 is 12.6. The van der Waals surface area contributed by atoms with Crippen LogP contribution in [0.5, 0.6) is 0 Å². The first-order valence-corrected chi connectivity index (χ1v) is 16.0. The van der Waals surface area contributed by atoms with Crippen molar-refractivity contribution in [2.45, 2.75) is 89.6 Å². The predicted octanol–water partition coefficient (Wildman–Crippen LogP) is 7.00. The van der Waals surface area contributed by atoms with Crippen LogP contribution in [0.25, 0.3) is 0 Å². The summed E-state index contributed by atoms with van der Waals surface area (Å²) in [5.41, 5.74) is 0. The van der Waals surface area contributed by atoms with Crippen molar-refractivity contribution in [1.29, 1.82) is 0 Å². The molecule has 0 radical (unpaired) electrons. The molecular formula is C14H32Cl2Si2. The summed E-state index contributed by atoms with van der Waals surface area (Å²) in [6, 6.07) is 2.56. The summed E-state index contributed by atoms with van der Waals surface area (Å²) in [6.07, 6.45) is 11.1. The SMILES string of the molecule is C[Si](C)(Cl)CCCCCCCCCC[Si](C)(C)Cl. The lowest BCUT2D eigenvalue weighted by molar-refractivity contribution is 0.583. The Morgan fingerprint density at radius 1 is 0.500 bits per heavy atom. The van der Waals surface area contributed by atoms with Crippen LogP contribution in [0.1, 0.15) is 51.4 Å². The highest BCUT2D eigenvalue weighted by Crippen LogP contribution is 2.21. The molecule has 0 saturated heterocycles. The maximum Gasteiger partial charge on any atom is 0.150 e. The Morgan fingerprint density at radius 3 is 0.944 bits per heavy atom. The van der Waals surface area contributed by atoms with Gasteiger partial charge in [0.2, 0.25) is 0 Å². The predicted molar refractivity (Wildman–Crippen MR) is 93.2 cm³/mol. The molecule has 0 saturated carbocycles. The Bertz CT molecular complexity index is 173. The average molecular weight is 327 g/mol. The number of hydrogen-bond donors (Lipinski definition) is 0. The summed E-state index contributed by atoms with van der Waals surface area (Å²) in [6.45, 7) is 8.99. The lowest BCUT2D eigenvalue weighted by Gasteiger charge is -2.12. The van der Waals surface area contributed by atoms with Gasteiger partial charge in [0.15, 0.2) is 0 Å². The van der Waals surface area contributed by atoms with Crippen molar-refractivity contribution in [1.82, 2.24) is 0 Å². The van der Waals surface area contributed by atoms with Crippen molar-refractivity contribution in [3.8, 4) is 0 Å². The first kappa shape index (κ1) is 19.0. The molecule has 0 atom stereocenters. The molecule has 4 heteroatoms. The fraction of sp³-hybridized carbons (Fsp3) is 1.00. The highest BCUT2D eigenvalue weighted by Gasteiger charge is 2.16. The van der Waals surface area contributed by atoms with E-state index in [4.69, 9.17) is 22.2 Å². The van der Waals surface area contributed by atoms with E-state index in [1.807, 2.05) is 0 Å². The van der Waals surface area contributed by atoms with Crippen LogP contribution < -0.4 is 0 Å². The largest absolute Gasteiger partial charge is 0.168 e. The van der Waals surface area contributed by atoms with Gasteiger partial charge in [-0.15, -0.1) is 0 Å². The van der Waals surface area contributed by atoms with Crippen molar-refractivity contribution < 1.29 is 0 Å². The molecule has 0 aromatic heterocycles. The van der Waals surface area contributed by atoms with Gasteiger partial charge in [-0.1, -0.05) is 77.6 Å². The van der Waals surface area contributed by atoms with Crippen molar-refractivity contribution >= 4 is 36.9 Å². The molecular weight excluding hydrogens is 295 g/mol. The second-order valence-electron chi connectivity index (χ2n) is 6.77. The van der Waals surface area contributed by atoms with E-state index >= 15 is 0 Å². The van der Waals surface area contributed by atoms with E-state index in [-0.39, 0.29) is 0 Å². The molecule has 0 amide bonds. The summed E-state index contributed by atoms with van der Waals surface area (Å²) in [7, 11) is -2.60. The molecule has 0 spiro atoms. The number of unbranched alkanes of at least 4 members (excludes halogenated alkanes) is 7. The van der Waals surface area contributed by atoms with Crippen molar-refractivity contribution in [2.24, 2.45) is 0 Å². The lowest BCUT2D eigenvalue weighted by Crippen LogP contribution is -2.15. The molecule has 0 bridgehead atoms. The summed E-state index contributed by atoms with van der Waals surface area (Å²) in [5, 5.41) is 0. The molecule has 110 valence electrons. The van der Waals surface area contributed by atoms with Crippen LogP contribution >= 0.6 is 22.2 Å². The number of hydrogen-bond acceptors (Lipinski definition) is 0. The Hall–Kier alpha value is 1.01. The van der Waals surface area contributed by atoms with E-state index in [2.05, 4.69) is 26.2 Å². The highest BCUT2D eigenvalue weighted by molar-refractivity contribution is 7.19. The Labute approximate surface area is 126 Å². The van der Waals surface area contributed by atoms with Gasteiger partial charge < -0.3 is 0 Å². The van der Waals surface area contributed by atoms with Gasteiger partial charge in [0.1, 0.15) is 14.8 Å². The van der Waals surface area contributed by atoms with Crippen LogP contribution in [-0.4, -0.2) is 14.8 Å². The molecule has 0 aliphatic heterocycles. The van der Waals surface area contributed by atoms with E-state index < -0.39 is 14.8 Å². The number of halogens is 2. The number of rotatable bonds is 11. The quantitative estimate of drug-likeness (QED) is 0.218. The Kier molecular flexibility index (Phi) is 10.4. The van der Waals surface area contributed by atoms with Crippen LogP contribution in [0.4, 0.5) is 0 Å². The third kappa shape index (κ3) is 17.0. The minimum absolute atomic E-state index is 1.28. The Balaban J connectivity index is 3.13. The third-order valence-corrected chi connectivity index (χ3v) is 7.51. The fourth-order valence-electron chi connectivity index (χ4n) is 2.15. The molecule has 0 aromatic carbocycles. The minimum atomic E-state index is -1.30. The molecule has 0 heterocycles. The van der Waals surface area contributed by atoms with Crippen molar-refractivity contribution in [3.63, 3.8) is 0 Å². The fourth-order valence-corrected chi connectivity index (χ4v) is 5.13. The molecule has 0 unspecified atom stereocenters. The summed E-state index contributed by atoms with van der Waals surface area (Å²) in [5.74, 6) is 0. The monoisotopic (exact) mass is 326 g/mol. The third-order valence-electron chi connectivity index (χ3n) is 3.29. The topological polar surface area (TPSA) is 0 Å². The molecule has 0 aliphatic rings. The molecule has 0 rings (SSSR count). The molecule has 18 heavy (non-hydrogen) atoms. The van der Waals surface area contributed by atoms with Crippen LogP contribution in [-0.2, 0) is 0 Å². The Morgan fingerprint density at radius 2 is 0.722 bits per heavy atom. The van der Waals surface area contributed by atoms with E-state index in [9.17, 15) is 0 Å². The van der Waals surface area contributed by atoms with Gasteiger partial charge in [0, 0.05) is 0 Å². The van der Waals surface area contributed by atoms with Gasteiger partial charge in [-0.2, -0.15) is 22.2 Å². The van der Waals surface area contributed by atoms with Gasteiger partial charge >= 0.3 is 0 Å². The molecule has 0 nitrogen and oxygen atoms in total. The van der Waals surface area contributed by atoms with E-state index in [0.29, 0.717) is 0 Å². The first-order valence-electron chi connectivity index (χ1n) is 7.59. The zero-order chi connectivity index (χ0) is 14.1. The molecule has 0 aromatic rings. The maximum atomic E-state index is 6.30. The maximum absolute atomic E-state index is 6.30. The molecule has 0 N–H and O–H groups in total. The van der Waals surface area contributed by atoms with Crippen LogP contribution in [0, 0.1) is 0 Å². The molecule has 0 fully saturated rings. The lowest BCUT2D eigenvalue weighted by atomic mass is 10.1. The van der Waals surface area contributed by atoms with Gasteiger partial charge in [0.05, 0.1) is 0 Å². The minimum Gasteiger partial charge on any atom is -0.168 e. The van der Waals surface area contributed by atoms with Crippen molar-refractivity contribution in [3.05, 3.63) is 0 Å². The van der Waals surface area contributed by atoms with E-state index in [1.54, 1.807) is 0 Å². The van der Waals surface area contributed by atoms with Gasteiger partial charge in [-0.05, 0) is 12.1 Å². The standard InChI is InChI=1S/C14H32Cl2Si2/c1-17(2,15)13-11-9-7-5-6-8-10-12-14-18(3,4)16/h5-14H2,1-4H3. The summed E-state index contributed by atoms with van der Waals surface area (Å²) in [4.78, 5) is 0. The average Bonchev–Trinajstić information content (AvgIpc) is 2.17. The highest BCUT2D eigenvalue weighted by atomic mass is 35.6. The zero-order valence-electron chi connectivity index (χ0n) is 12.8. The zero-order valence-corrected chi connectivity index (χ0v) is 16.3. The van der Waals surface area contributed by atoms with Gasteiger partial charge in [-0.25, -0.2) is 0 Å². The van der Waals surface area contributed by atoms with Gasteiger partial charge in [-0.3, -0.25) is 0 Å². The normalized spacial score (nSPS) is 13.0. The summed E-state index contributed by atoms with van der Waals surface area (Å²) < 4.78 is 0.